The highest BCUT2D eigenvalue weighted by Gasteiger charge is 2.18. The van der Waals surface area contributed by atoms with Gasteiger partial charge in [-0.1, -0.05) is 11.6 Å². The van der Waals surface area contributed by atoms with Crippen LogP contribution >= 0.6 is 22.9 Å². The van der Waals surface area contributed by atoms with E-state index in [1.165, 1.54) is 34.4 Å². The summed E-state index contributed by atoms with van der Waals surface area (Å²) in [5.41, 5.74) is 0.100. The van der Waals surface area contributed by atoms with E-state index in [2.05, 4.69) is 4.98 Å². The van der Waals surface area contributed by atoms with Crippen molar-refractivity contribution in [2.75, 3.05) is 7.05 Å². The van der Waals surface area contributed by atoms with Gasteiger partial charge >= 0.3 is 0 Å². The molecule has 2 rings (SSSR count). The van der Waals surface area contributed by atoms with Crippen LogP contribution in [0.3, 0.4) is 0 Å². The fourth-order valence-corrected chi connectivity index (χ4v) is 2.88. The van der Waals surface area contributed by atoms with Gasteiger partial charge in [-0.25, -0.2) is 4.98 Å². The van der Waals surface area contributed by atoms with Crippen LogP contribution in [-0.4, -0.2) is 27.8 Å². The minimum atomic E-state index is -0.552. The molecule has 0 aliphatic heterocycles. The monoisotopic (exact) mass is 325 g/mol. The van der Waals surface area contributed by atoms with Crippen LogP contribution in [-0.2, 0) is 6.54 Å². The first kappa shape index (κ1) is 15.4. The van der Waals surface area contributed by atoms with Gasteiger partial charge in [0.05, 0.1) is 27.1 Å². The molecule has 0 spiro atoms. The molecule has 0 atom stereocenters. The van der Waals surface area contributed by atoms with Crippen molar-refractivity contribution < 1.29 is 9.72 Å². The molecular formula is C13H12ClN3O3S. The number of nitro groups is 1. The summed E-state index contributed by atoms with van der Waals surface area (Å²) in [6.45, 7) is 2.31. The fourth-order valence-electron chi connectivity index (χ4n) is 1.78. The van der Waals surface area contributed by atoms with E-state index in [1.54, 1.807) is 13.2 Å². The quantitative estimate of drug-likeness (QED) is 0.638. The highest BCUT2D eigenvalue weighted by Crippen LogP contribution is 2.24. The Bertz CT molecular complexity index is 702. The Morgan fingerprint density at radius 1 is 1.52 bits per heavy atom. The molecule has 0 aliphatic rings. The van der Waals surface area contributed by atoms with Crippen LogP contribution < -0.4 is 0 Å². The van der Waals surface area contributed by atoms with E-state index >= 15 is 0 Å². The summed E-state index contributed by atoms with van der Waals surface area (Å²) >= 11 is 7.47. The van der Waals surface area contributed by atoms with Crippen LogP contribution in [0.1, 0.15) is 20.2 Å². The van der Waals surface area contributed by atoms with Gasteiger partial charge < -0.3 is 4.90 Å². The summed E-state index contributed by atoms with van der Waals surface area (Å²) in [7, 11) is 1.65. The second kappa shape index (κ2) is 6.19. The van der Waals surface area contributed by atoms with Crippen molar-refractivity contribution >= 4 is 34.5 Å². The predicted molar refractivity (Wildman–Crippen MR) is 80.8 cm³/mol. The Kier molecular flexibility index (Phi) is 4.54. The zero-order chi connectivity index (χ0) is 15.6. The van der Waals surface area contributed by atoms with Gasteiger partial charge in [0.1, 0.15) is 0 Å². The molecule has 6 nitrogen and oxygen atoms in total. The molecule has 21 heavy (non-hydrogen) atoms. The Labute approximate surface area is 130 Å². The summed E-state index contributed by atoms with van der Waals surface area (Å²) in [6, 6.07) is 3.82. The number of non-ortho nitro benzene ring substituents is 1. The van der Waals surface area contributed by atoms with Gasteiger partial charge in [-0.05, 0) is 13.0 Å². The molecule has 1 aromatic carbocycles. The first-order valence-electron chi connectivity index (χ1n) is 5.99. The number of carbonyl (C=O) groups excluding carboxylic acids is 1. The number of carbonyl (C=O) groups is 1. The van der Waals surface area contributed by atoms with Crippen LogP contribution in [0.15, 0.2) is 24.4 Å². The number of aryl methyl sites for hydroxylation is 1. The fraction of sp³-hybridized carbons (Fsp3) is 0.231. The molecule has 110 valence electrons. The number of amides is 1. The highest BCUT2D eigenvalue weighted by molar-refractivity contribution is 7.11. The molecule has 1 aromatic heterocycles. The molecule has 0 saturated heterocycles. The largest absolute Gasteiger partial charge is 0.336 e. The van der Waals surface area contributed by atoms with Crippen molar-refractivity contribution in [3.63, 3.8) is 0 Å². The molecule has 2 aromatic rings. The van der Waals surface area contributed by atoms with Gasteiger partial charge in [-0.15, -0.1) is 11.3 Å². The van der Waals surface area contributed by atoms with Crippen LogP contribution in [0.25, 0.3) is 0 Å². The van der Waals surface area contributed by atoms with E-state index in [-0.39, 0.29) is 22.2 Å². The Morgan fingerprint density at radius 2 is 2.24 bits per heavy atom. The van der Waals surface area contributed by atoms with E-state index in [9.17, 15) is 14.9 Å². The molecule has 0 bridgehead atoms. The third kappa shape index (κ3) is 3.56. The molecular weight excluding hydrogens is 314 g/mol. The number of rotatable bonds is 4. The van der Waals surface area contributed by atoms with E-state index in [0.29, 0.717) is 6.54 Å². The van der Waals surface area contributed by atoms with E-state index in [1.807, 2.05) is 6.92 Å². The number of nitrogens with zero attached hydrogens (tertiary/aromatic N) is 3. The molecule has 0 saturated carbocycles. The van der Waals surface area contributed by atoms with Gasteiger partial charge in [-0.2, -0.15) is 0 Å². The molecule has 0 fully saturated rings. The normalized spacial score (nSPS) is 10.4. The van der Waals surface area contributed by atoms with Crippen molar-refractivity contribution in [2.24, 2.45) is 0 Å². The third-order valence-electron chi connectivity index (χ3n) is 2.80. The number of hydrogen-bond donors (Lipinski definition) is 0. The summed E-state index contributed by atoms with van der Waals surface area (Å²) < 4.78 is 0. The zero-order valence-electron chi connectivity index (χ0n) is 11.4. The Balaban J connectivity index is 2.17. The van der Waals surface area contributed by atoms with Crippen molar-refractivity contribution in [2.45, 2.75) is 13.5 Å². The number of benzene rings is 1. The minimum Gasteiger partial charge on any atom is -0.336 e. The molecule has 1 heterocycles. The van der Waals surface area contributed by atoms with E-state index in [4.69, 9.17) is 11.6 Å². The zero-order valence-corrected chi connectivity index (χ0v) is 12.9. The van der Waals surface area contributed by atoms with Crippen molar-refractivity contribution in [1.29, 1.82) is 0 Å². The second-order valence-electron chi connectivity index (χ2n) is 4.43. The standard InChI is InChI=1S/C13H12ClN3O3S/c1-8-15-6-10(21-8)7-16(2)13(18)11-4-3-9(17(19)20)5-12(11)14/h3-6H,7H2,1-2H3. The number of thiazole rings is 1. The maximum absolute atomic E-state index is 12.3. The number of hydrogen-bond acceptors (Lipinski definition) is 5. The SMILES string of the molecule is Cc1ncc(CN(C)C(=O)c2ccc([N+](=O)[O-])cc2Cl)s1. The molecule has 0 N–H and O–H groups in total. The maximum atomic E-state index is 12.3. The summed E-state index contributed by atoms with van der Waals surface area (Å²) in [5.74, 6) is -0.291. The highest BCUT2D eigenvalue weighted by atomic mass is 35.5. The van der Waals surface area contributed by atoms with Crippen LogP contribution in [0.5, 0.6) is 0 Å². The van der Waals surface area contributed by atoms with E-state index in [0.717, 1.165) is 9.88 Å². The molecule has 8 heteroatoms. The second-order valence-corrected chi connectivity index (χ2v) is 6.15. The Morgan fingerprint density at radius 3 is 2.76 bits per heavy atom. The topological polar surface area (TPSA) is 76.3 Å². The smallest absolute Gasteiger partial charge is 0.270 e. The van der Waals surface area contributed by atoms with Crippen molar-refractivity contribution in [3.05, 3.63) is 55.0 Å². The third-order valence-corrected chi connectivity index (χ3v) is 4.01. The molecule has 1 amide bonds. The molecule has 0 radical (unpaired) electrons. The average molecular weight is 326 g/mol. The lowest BCUT2D eigenvalue weighted by Crippen LogP contribution is -2.26. The average Bonchev–Trinajstić information content (AvgIpc) is 2.83. The lowest BCUT2D eigenvalue weighted by Gasteiger charge is -2.16. The number of nitro benzene ring substituents is 1. The first-order chi connectivity index (χ1) is 9.88. The van der Waals surface area contributed by atoms with Crippen LogP contribution in [0.4, 0.5) is 5.69 Å². The first-order valence-corrected chi connectivity index (χ1v) is 7.18. The minimum absolute atomic E-state index is 0.0709. The lowest BCUT2D eigenvalue weighted by atomic mass is 10.2. The number of aromatic nitrogens is 1. The lowest BCUT2D eigenvalue weighted by molar-refractivity contribution is -0.384. The van der Waals surface area contributed by atoms with Crippen LogP contribution in [0, 0.1) is 17.0 Å². The Hall–Kier alpha value is -1.99. The summed E-state index contributed by atoms with van der Waals surface area (Å²) in [5, 5.41) is 11.7. The molecule has 0 unspecified atom stereocenters. The summed E-state index contributed by atoms with van der Waals surface area (Å²) in [4.78, 5) is 29.0. The van der Waals surface area contributed by atoms with Crippen molar-refractivity contribution in [3.8, 4) is 0 Å². The van der Waals surface area contributed by atoms with E-state index < -0.39 is 4.92 Å². The van der Waals surface area contributed by atoms with Gasteiger partial charge in [-0.3, -0.25) is 14.9 Å². The number of halogens is 1. The van der Waals surface area contributed by atoms with Gasteiger partial charge in [0, 0.05) is 30.3 Å². The predicted octanol–water partition coefficient (Wildman–Crippen LogP) is 3.29. The van der Waals surface area contributed by atoms with Crippen LogP contribution in [0.2, 0.25) is 5.02 Å². The maximum Gasteiger partial charge on any atom is 0.270 e. The van der Waals surface area contributed by atoms with Gasteiger partial charge in [0.25, 0.3) is 11.6 Å². The van der Waals surface area contributed by atoms with Crippen molar-refractivity contribution in [1.82, 2.24) is 9.88 Å². The summed E-state index contributed by atoms with van der Waals surface area (Å²) in [6.07, 6.45) is 1.72. The molecule has 0 aliphatic carbocycles. The van der Waals surface area contributed by atoms with Gasteiger partial charge in [0.15, 0.2) is 0 Å². The van der Waals surface area contributed by atoms with Gasteiger partial charge in [0.2, 0.25) is 0 Å².